The van der Waals surface area contributed by atoms with Crippen molar-refractivity contribution >= 4 is 17.3 Å². The molecule has 0 spiro atoms. The van der Waals surface area contributed by atoms with Gasteiger partial charge in [0, 0.05) is 40.2 Å². The van der Waals surface area contributed by atoms with Gasteiger partial charge in [0.1, 0.15) is 5.56 Å². The number of nitrogens with one attached hydrogen (secondary N) is 1. The summed E-state index contributed by atoms with van der Waals surface area (Å²) in [6.07, 6.45) is 0.246. The maximum Gasteiger partial charge on any atom is 0.330 e. The number of hydrogen-bond acceptors (Lipinski definition) is 6. The Morgan fingerprint density at radius 2 is 1.89 bits per heavy atom. The average molecular weight is 371 g/mol. The Morgan fingerprint density at radius 3 is 2.44 bits per heavy atom. The third-order valence-electron chi connectivity index (χ3n) is 4.61. The fourth-order valence-corrected chi connectivity index (χ4v) is 3.07. The first-order chi connectivity index (χ1) is 12.7. The minimum atomic E-state index is -0.735. The van der Waals surface area contributed by atoms with Crippen molar-refractivity contribution in [3.63, 3.8) is 0 Å². The van der Waals surface area contributed by atoms with Crippen LogP contribution in [0.15, 0.2) is 39.0 Å². The van der Waals surface area contributed by atoms with E-state index in [1.807, 2.05) is 43.3 Å². The molecule has 1 aliphatic heterocycles. The van der Waals surface area contributed by atoms with Gasteiger partial charge in [0.2, 0.25) is 11.8 Å². The quantitative estimate of drug-likeness (QED) is 0.818. The van der Waals surface area contributed by atoms with E-state index in [1.165, 1.54) is 19.0 Å². The van der Waals surface area contributed by atoms with Crippen molar-refractivity contribution in [1.82, 2.24) is 14.6 Å². The lowest BCUT2D eigenvalue weighted by Crippen LogP contribution is -2.32. The van der Waals surface area contributed by atoms with Crippen molar-refractivity contribution in [2.45, 2.75) is 19.4 Å². The number of hydrogen-bond donors (Lipinski definition) is 2. The molecule has 0 radical (unpaired) electrons. The van der Waals surface area contributed by atoms with Gasteiger partial charge in [-0.1, -0.05) is 12.1 Å². The minimum absolute atomic E-state index is 0.101. The van der Waals surface area contributed by atoms with Crippen LogP contribution in [0.1, 0.15) is 30.5 Å². The predicted molar refractivity (Wildman–Crippen MR) is 101 cm³/mol. The maximum absolute atomic E-state index is 12.2. The summed E-state index contributed by atoms with van der Waals surface area (Å²) in [4.78, 5) is 40.0. The highest BCUT2D eigenvalue weighted by Gasteiger charge is 2.34. The molecule has 3 rings (SSSR count). The molecule has 142 valence electrons. The van der Waals surface area contributed by atoms with E-state index in [1.54, 1.807) is 0 Å². The van der Waals surface area contributed by atoms with Crippen LogP contribution in [-0.4, -0.2) is 45.4 Å². The van der Waals surface area contributed by atoms with Crippen LogP contribution in [0.3, 0.4) is 0 Å². The number of carbonyl (C=O) groups excluding carboxylic acids is 1. The largest absolute Gasteiger partial charge is 0.494 e. The molecule has 1 aromatic heterocycles. The lowest BCUT2D eigenvalue weighted by molar-refractivity contribution is -0.130. The van der Waals surface area contributed by atoms with Gasteiger partial charge >= 0.3 is 5.69 Å². The van der Waals surface area contributed by atoms with Gasteiger partial charge in [-0.25, -0.2) is 9.80 Å². The van der Waals surface area contributed by atoms with Crippen molar-refractivity contribution in [2.24, 2.45) is 12.1 Å². The molecule has 9 nitrogen and oxygen atoms in total. The smallest absolute Gasteiger partial charge is 0.330 e. The first-order valence-corrected chi connectivity index (χ1v) is 8.38. The molecule has 1 aromatic carbocycles. The standard InChI is InChI=1S/C18H21N5O4/c1-10(24)23-14(11-5-7-12(8-6-11)21(2)3)9-13(20-23)15-16(25)19-18(27)22(4)17(15)26/h5-8,14,26H,9H2,1-4H3,(H,19,25,27). The summed E-state index contributed by atoms with van der Waals surface area (Å²) in [5, 5.41) is 15.8. The number of benzene rings is 1. The van der Waals surface area contributed by atoms with Crippen LogP contribution in [-0.2, 0) is 11.8 Å². The minimum Gasteiger partial charge on any atom is -0.494 e. The number of aromatic amines is 1. The highest BCUT2D eigenvalue weighted by molar-refractivity contribution is 6.04. The molecule has 0 fully saturated rings. The normalized spacial score (nSPS) is 16.4. The zero-order valence-corrected chi connectivity index (χ0v) is 15.6. The topological polar surface area (TPSA) is 111 Å². The third kappa shape index (κ3) is 3.23. The highest BCUT2D eigenvalue weighted by atomic mass is 16.3. The van der Waals surface area contributed by atoms with E-state index >= 15 is 0 Å². The van der Waals surface area contributed by atoms with Crippen LogP contribution in [0.5, 0.6) is 5.88 Å². The third-order valence-corrected chi connectivity index (χ3v) is 4.61. The summed E-state index contributed by atoms with van der Waals surface area (Å²) < 4.78 is 0.927. The Morgan fingerprint density at radius 1 is 1.26 bits per heavy atom. The Labute approximate surface area is 155 Å². The molecule has 27 heavy (non-hydrogen) atoms. The van der Waals surface area contributed by atoms with E-state index in [4.69, 9.17) is 0 Å². The van der Waals surface area contributed by atoms with Gasteiger partial charge in [-0.3, -0.25) is 19.1 Å². The van der Waals surface area contributed by atoms with Gasteiger partial charge in [-0.2, -0.15) is 5.10 Å². The number of nitrogens with zero attached hydrogens (tertiary/aromatic N) is 4. The van der Waals surface area contributed by atoms with Crippen molar-refractivity contribution in [1.29, 1.82) is 0 Å². The van der Waals surface area contributed by atoms with Gasteiger partial charge in [0.05, 0.1) is 11.8 Å². The Bertz CT molecular complexity index is 1030. The summed E-state index contributed by atoms with van der Waals surface area (Å²) in [7, 11) is 5.21. The molecule has 1 atom stereocenters. The van der Waals surface area contributed by atoms with Crippen LogP contribution in [0.2, 0.25) is 0 Å². The number of H-pyrrole nitrogens is 1. The van der Waals surface area contributed by atoms with Crippen LogP contribution in [0, 0.1) is 0 Å². The van der Waals surface area contributed by atoms with Gasteiger partial charge in [0.15, 0.2) is 0 Å². The van der Waals surface area contributed by atoms with E-state index in [9.17, 15) is 19.5 Å². The number of carbonyl (C=O) groups is 1. The molecule has 0 saturated carbocycles. The lowest BCUT2D eigenvalue weighted by Gasteiger charge is -2.21. The monoisotopic (exact) mass is 371 g/mol. The molecule has 1 amide bonds. The Kier molecular flexibility index (Phi) is 4.61. The molecule has 1 aliphatic rings. The zero-order valence-electron chi connectivity index (χ0n) is 15.6. The van der Waals surface area contributed by atoms with E-state index in [0.29, 0.717) is 0 Å². The van der Waals surface area contributed by atoms with Crippen LogP contribution in [0.4, 0.5) is 5.69 Å². The first kappa shape index (κ1) is 18.4. The van der Waals surface area contributed by atoms with Crippen LogP contribution >= 0.6 is 0 Å². The first-order valence-electron chi connectivity index (χ1n) is 8.38. The number of anilines is 1. The zero-order chi connectivity index (χ0) is 19.9. The van der Waals surface area contributed by atoms with Gasteiger partial charge in [-0.05, 0) is 17.7 Å². The number of aromatic hydroxyl groups is 1. The molecule has 0 bridgehead atoms. The SMILES string of the molecule is CC(=O)N1N=C(c2c(O)n(C)c(=O)[nH]c2=O)CC1c1ccc(N(C)C)cc1. The predicted octanol–water partition coefficient (Wildman–Crippen LogP) is 0.543. The van der Waals surface area contributed by atoms with Gasteiger partial charge in [-0.15, -0.1) is 0 Å². The lowest BCUT2D eigenvalue weighted by atomic mass is 9.99. The maximum atomic E-state index is 12.2. The molecule has 9 heteroatoms. The summed E-state index contributed by atoms with van der Waals surface area (Å²) in [5.41, 5.74) is 0.562. The van der Waals surface area contributed by atoms with Crippen molar-refractivity contribution in [3.05, 3.63) is 56.2 Å². The van der Waals surface area contributed by atoms with Crippen molar-refractivity contribution < 1.29 is 9.90 Å². The van der Waals surface area contributed by atoms with E-state index in [2.05, 4.69) is 10.1 Å². The average Bonchev–Trinajstić information content (AvgIpc) is 3.05. The second-order valence-corrected chi connectivity index (χ2v) is 6.63. The number of amides is 1. The second kappa shape index (κ2) is 6.75. The fourth-order valence-electron chi connectivity index (χ4n) is 3.07. The number of rotatable bonds is 3. The van der Waals surface area contributed by atoms with Crippen LogP contribution < -0.4 is 16.1 Å². The second-order valence-electron chi connectivity index (χ2n) is 6.63. The van der Waals surface area contributed by atoms with Crippen molar-refractivity contribution in [2.75, 3.05) is 19.0 Å². The molecule has 2 N–H and O–H groups in total. The van der Waals surface area contributed by atoms with Crippen molar-refractivity contribution in [3.8, 4) is 5.88 Å². The highest BCUT2D eigenvalue weighted by Crippen LogP contribution is 2.34. The molecular weight excluding hydrogens is 350 g/mol. The van der Waals surface area contributed by atoms with Gasteiger partial charge in [0.25, 0.3) is 5.56 Å². The summed E-state index contributed by atoms with van der Waals surface area (Å²) >= 11 is 0. The summed E-state index contributed by atoms with van der Waals surface area (Å²) in [6.45, 7) is 1.39. The van der Waals surface area contributed by atoms with E-state index in [0.717, 1.165) is 15.8 Å². The molecule has 2 heterocycles. The van der Waals surface area contributed by atoms with E-state index < -0.39 is 23.2 Å². The van der Waals surface area contributed by atoms with Crippen LogP contribution in [0.25, 0.3) is 0 Å². The summed E-state index contributed by atoms with van der Waals surface area (Å²) in [6, 6.07) is 7.27. The molecule has 0 aliphatic carbocycles. The number of hydrazone groups is 1. The molecule has 0 saturated heterocycles. The van der Waals surface area contributed by atoms with Gasteiger partial charge < -0.3 is 10.0 Å². The Balaban J connectivity index is 2.03. The van der Waals surface area contributed by atoms with E-state index in [-0.39, 0.29) is 23.6 Å². The molecule has 2 aromatic rings. The molecule has 1 unspecified atom stereocenters. The molecular formula is C18H21N5O4. The summed E-state index contributed by atoms with van der Waals surface area (Å²) in [5.74, 6) is -0.762. The number of aromatic nitrogens is 2. The fraction of sp³-hybridized carbons (Fsp3) is 0.333. The Hall–Kier alpha value is -3.36.